The predicted molar refractivity (Wildman–Crippen MR) is 84.3 cm³/mol. The molecule has 0 radical (unpaired) electrons. The molecule has 0 fully saturated rings. The Labute approximate surface area is 141 Å². The number of benzene rings is 1. The summed E-state index contributed by atoms with van der Waals surface area (Å²) in [6.45, 7) is 1.67. The van der Waals surface area contributed by atoms with Crippen molar-refractivity contribution in [1.29, 1.82) is 0 Å². The first-order valence-electron chi connectivity index (χ1n) is 6.68. The Kier molecular flexibility index (Phi) is 5.38. The molecule has 0 atom stereocenters. The molecule has 0 saturated carbocycles. The summed E-state index contributed by atoms with van der Waals surface area (Å²) in [4.78, 5) is 23.9. The highest BCUT2D eigenvalue weighted by Gasteiger charge is 2.16. The lowest BCUT2D eigenvalue weighted by molar-refractivity contribution is -0.137. The van der Waals surface area contributed by atoms with Crippen LogP contribution in [0.25, 0.3) is 0 Å². The fraction of sp³-hybridized carbons (Fsp3) is 0.267. The van der Waals surface area contributed by atoms with Gasteiger partial charge in [-0.15, -0.1) is 0 Å². The summed E-state index contributed by atoms with van der Waals surface area (Å²) in [5.74, 6) is -0.206. The van der Waals surface area contributed by atoms with Crippen LogP contribution in [0.2, 0.25) is 0 Å². The van der Waals surface area contributed by atoms with Crippen molar-refractivity contribution in [3.8, 4) is 5.75 Å². The average molecular weight is 383 g/mol. The second-order valence-electron chi connectivity index (χ2n) is 4.92. The van der Waals surface area contributed by atoms with Crippen LogP contribution in [0.15, 0.2) is 33.3 Å². The van der Waals surface area contributed by atoms with Gasteiger partial charge >= 0.3 is 5.97 Å². The van der Waals surface area contributed by atoms with Gasteiger partial charge in [-0.3, -0.25) is 9.59 Å². The molecule has 23 heavy (non-hydrogen) atoms. The lowest BCUT2D eigenvalue weighted by Gasteiger charge is -2.15. The van der Waals surface area contributed by atoms with Crippen LogP contribution in [0, 0.1) is 6.92 Å². The number of aryl methyl sites for hydroxylation is 1. The minimum atomic E-state index is -1.07. The maximum atomic E-state index is 12.1. The molecule has 1 aromatic carbocycles. The second-order valence-corrected chi connectivity index (χ2v) is 5.77. The molecular formula is C15H15BrN2O5. The monoisotopic (exact) mass is 382 g/mol. The molecule has 0 aliphatic rings. The topological polar surface area (TPSA) is 92.9 Å². The van der Waals surface area contributed by atoms with Gasteiger partial charge in [0, 0.05) is 18.7 Å². The Morgan fingerprint density at radius 1 is 1.39 bits per heavy atom. The molecule has 2 rings (SSSR count). The molecule has 0 unspecified atom stereocenters. The van der Waals surface area contributed by atoms with E-state index in [1.165, 1.54) is 7.05 Å². The van der Waals surface area contributed by atoms with Gasteiger partial charge in [-0.2, -0.15) is 0 Å². The van der Waals surface area contributed by atoms with E-state index in [2.05, 4.69) is 21.1 Å². The van der Waals surface area contributed by atoms with Gasteiger partial charge in [-0.25, -0.2) is 0 Å². The van der Waals surface area contributed by atoms with E-state index in [0.29, 0.717) is 27.2 Å². The molecular weight excluding hydrogens is 368 g/mol. The van der Waals surface area contributed by atoms with Gasteiger partial charge < -0.3 is 19.3 Å². The molecule has 2 aromatic rings. The molecule has 8 heteroatoms. The van der Waals surface area contributed by atoms with Crippen LogP contribution in [0.3, 0.4) is 0 Å². The number of halogens is 1. The van der Waals surface area contributed by atoms with Gasteiger partial charge in [0.15, 0.2) is 0 Å². The number of likely N-dealkylation sites (N-methyl/N-ethyl adjacent to an activating group) is 1. The standard InChI is InChI=1S/C15H15BrN2O5/c1-9-5-11(17-23-9)8-22-13-4-3-10(6-12(13)16)15(21)18(2)7-14(19)20/h3-6H,7-8H2,1-2H3,(H,19,20). The fourth-order valence-corrected chi connectivity index (χ4v) is 2.38. The third kappa shape index (κ3) is 4.56. The number of hydrogen-bond acceptors (Lipinski definition) is 5. The van der Waals surface area contributed by atoms with Crippen LogP contribution in [0.4, 0.5) is 0 Å². The molecule has 1 aromatic heterocycles. The molecule has 7 nitrogen and oxygen atoms in total. The fourth-order valence-electron chi connectivity index (χ4n) is 1.88. The van der Waals surface area contributed by atoms with Gasteiger partial charge in [0.1, 0.15) is 30.4 Å². The maximum absolute atomic E-state index is 12.1. The zero-order valence-corrected chi connectivity index (χ0v) is 14.2. The highest BCUT2D eigenvalue weighted by molar-refractivity contribution is 9.10. The van der Waals surface area contributed by atoms with Crippen LogP contribution >= 0.6 is 15.9 Å². The summed E-state index contributed by atoms with van der Waals surface area (Å²) < 4.78 is 11.1. The average Bonchev–Trinajstić information content (AvgIpc) is 2.90. The van der Waals surface area contributed by atoms with Crippen LogP contribution < -0.4 is 4.74 Å². The van der Waals surface area contributed by atoms with Crippen molar-refractivity contribution >= 4 is 27.8 Å². The summed E-state index contributed by atoms with van der Waals surface area (Å²) >= 11 is 3.34. The van der Waals surface area contributed by atoms with E-state index in [4.69, 9.17) is 14.4 Å². The van der Waals surface area contributed by atoms with Crippen molar-refractivity contribution in [1.82, 2.24) is 10.1 Å². The number of nitrogens with zero attached hydrogens (tertiary/aromatic N) is 2. The van der Waals surface area contributed by atoms with Crippen molar-refractivity contribution in [3.63, 3.8) is 0 Å². The summed E-state index contributed by atoms with van der Waals surface area (Å²) in [5.41, 5.74) is 1.03. The van der Waals surface area contributed by atoms with Crippen molar-refractivity contribution < 1.29 is 24.0 Å². The Morgan fingerprint density at radius 2 is 2.13 bits per heavy atom. The van der Waals surface area contributed by atoms with Crippen LogP contribution in [-0.2, 0) is 11.4 Å². The predicted octanol–water partition coefficient (Wildman–Crippen LogP) is 2.48. The number of carbonyl (C=O) groups is 2. The molecule has 0 saturated heterocycles. The molecule has 0 aliphatic carbocycles. The summed E-state index contributed by atoms with van der Waals surface area (Å²) in [7, 11) is 1.43. The van der Waals surface area contributed by atoms with Crippen molar-refractivity contribution in [2.75, 3.05) is 13.6 Å². The van der Waals surface area contributed by atoms with E-state index in [9.17, 15) is 9.59 Å². The number of amides is 1. The smallest absolute Gasteiger partial charge is 0.323 e. The van der Waals surface area contributed by atoms with Gasteiger partial charge in [0.25, 0.3) is 5.91 Å². The van der Waals surface area contributed by atoms with Crippen LogP contribution in [-0.4, -0.2) is 40.6 Å². The zero-order valence-electron chi connectivity index (χ0n) is 12.6. The lowest BCUT2D eigenvalue weighted by Crippen LogP contribution is -2.31. The Morgan fingerprint density at radius 3 is 2.70 bits per heavy atom. The first-order chi connectivity index (χ1) is 10.9. The molecule has 122 valence electrons. The summed E-state index contributed by atoms with van der Waals surface area (Å²) in [5, 5.41) is 12.5. The van der Waals surface area contributed by atoms with E-state index in [1.807, 2.05) is 0 Å². The summed E-state index contributed by atoms with van der Waals surface area (Å²) in [6.07, 6.45) is 0. The lowest BCUT2D eigenvalue weighted by atomic mass is 10.2. The SMILES string of the molecule is Cc1cc(COc2ccc(C(=O)N(C)CC(=O)O)cc2Br)no1. The maximum Gasteiger partial charge on any atom is 0.323 e. The molecule has 1 amide bonds. The third-order valence-corrected chi connectivity index (χ3v) is 3.57. The Balaban J connectivity index is 2.05. The van der Waals surface area contributed by atoms with E-state index >= 15 is 0 Å². The van der Waals surface area contributed by atoms with Crippen LogP contribution in [0.1, 0.15) is 21.8 Å². The highest BCUT2D eigenvalue weighted by Crippen LogP contribution is 2.27. The van der Waals surface area contributed by atoms with E-state index in [-0.39, 0.29) is 19.1 Å². The first-order valence-corrected chi connectivity index (χ1v) is 7.48. The number of aromatic nitrogens is 1. The number of hydrogen-bond donors (Lipinski definition) is 1. The molecule has 0 spiro atoms. The van der Waals surface area contributed by atoms with Crippen molar-refractivity contribution in [2.24, 2.45) is 0 Å². The summed E-state index contributed by atoms with van der Waals surface area (Å²) in [6, 6.07) is 6.57. The zero-order chi connectivity index (χ0) is 17.0. The normalized spacial score (nSPS) is 10.4. The number of carbonyl (C=O) groups excluding carboxylic acids is 1. The number of carboxylic acids is 1. The molecule has 1 N–H and O–H groups in total. The minimum Gasteiger partial charge on any atom is -0.486 e. The van der Waals surface area contributed by atoms with Crippen molar-refractivity contribution in [3.05, 3.63) is 45.8 Å². The number of carboxylic acid groups (broad SMARTS) is 1. The molecule has 0 bridgehead atoms. The van der Waals surface area contributed by atoms with Gasteiger partial charge in [-0.05, 0) is 41.1 Å². The minimum absolute atomic E-state index is 0.238. The van der Waals surface area contributed by atoms with E-state index < -0.39 is 5.97 Å². The Bertz CT molecular complexity index is 728. The second kappa shape index (κ2) is 7.28. The van der Waals surface area contributed by atoms with Crippen molar-refractivity contribution in [2.45, 2.75) is 13.5 Å². The van der Waals surface area contributed by atoms with E-state index in [1.54, 1.807) is 31.2 Å². The number of rotatable bonds is 6. The first kappa shape index (κ1) is 17.0. The highest BCUT2D eigenvalue weighted by atomic mass is 79.9. The number of ether oxygens (including phenoxy) is 1. The molecule has 1 heterocycles. The van der Waals surface area contributed by atoms with Gasteiger partial charge in [0.05, 0.1) is 4.47 Å². The number of aliphatic carboxylic acids is 1. The van der Waals surface area contributed by atoms with E-state index in [0.717, 1.165) is 4.90 Å². The van der Waals surface area contributed by atoms with Gasteiger partial charge in [0.2, 0.25) is 0 Å². The van der Waals surface area contributed by atoms with Crippen LogP contribution in [0.5, 0.6) is 5.75 Å². The quantitative estimate of drug-likeness (QED) is 0.824. The Hall–Kier alpha value is -2.35. The van der Waals surface area contributed by atoms with Gasteiger partial charge in [-0.1, -0.05) is 5.16 Å². The largest absolute Gasteiger partial charge is 0.486 e. The third-order valence-electron chi connectivity index (χ3n) is 2.95. The molecule has 0 aliphatic heterocycles.